The van der Waals surface area contributed by atoms with Gasteiger partial charge in [0.1, 0.15) is 11.9 Å². The molecule has 0 radical (unpaired) electrons. The number of halogens is 1. The van der Waals surface area contributed by atoms with Crippen molar-refractivity contribution in [3.63, 3.8) is 0 Å². The van der Waals surface area contributed by atoms with Gasteiger partial charge in [-0.2, -0.15) is 0 Å². The van der Waals surface area contributed by atoms with Crippen molar-refractivity contribution in [2.24, 2.45) is 5.92 Å². The van der Waals surface area contributed by atoms with Gasteiger partial charge in [0, 0.05) is 5.56 Å². The molecule has 154 valence electrons. The molecule has 0 saturated carbocycles. The minimum atomic E-state index is -1.00. The second-order valence-electron chi connectivity index (χ2n) is 7.48. The van der Waals surface area contributed by atoms with Crippen LogP contribution in [0.1, 0.15) is 51.3 Å². The summed E-state index contributed by atoms with van der Waals surface area (Å²) in [7, 11) is 0. The van der Waals surface area contributed by atoms with Gasteiger partial charge in [-0.15, -0.1) is 0 Å². The minimum Gasteiger partial charge on any atom is -0.456 e. The predicted molar refractivity (Wildman–Crippen MR) is 108 cm³/mol. The zero-order chi connectivity index (χ0) is 21.7. The highest BCUT2D eigenvalue weighted by Gasteiger charge is 2.28. The molecule has 0 aromatic heterocycles. The fraction of sp³-hybridized carbons (Fsp3) is 0.348. The first-order valence-electron chi connectivity index (χ1n) is 9.45. The van der Waals surface area contributed by atoms with Gasteiger partial charge in [-0.1, -0.05) is 43.7 Å². The molecule has 2 aromatic rings. The monoisotopic (exact) mass is 399 g/mol. The van der Waals surface area contributed by atoms with E-state index < -0.39 is 30.3 Å². The summed E-state index contributed by atoms with van der Waals surface area (Å²) in [4.78, 5) is 37.4. The first kappa shape index (κ1) is 22.3. The molecular formula is C23H26FNO4. The van der Waals surface area contributed by atoms with Crippen molar-refractivity contribution in [1.82, 2.24) is 5.32 Å². The van der Waals surface area contributed by atoms with Gasteiger partial charge in [-0.3, -0.25) is 9.59 Å². The smallest absolute Gasteiger partial charge is 0.329 e. The van der Waals surface area contributed by atoms with Gasteiger partial charge in [-0.25, -0.2) is 9.18 Å². The Morgan fingerprint density at radius 1 is 1.03 bits per heavy atom. The van der Waals surface area contributed by atoms with E-state index >= 15 is 0 Å². The van der Waals surface area contributed by atoms with Crippen LogP contribution in [0.15, 0.2) is 36.4 Å². The van der Waals surface area contributed by atoms with Crippen LogP contribution in [0.5, 0.6) is 0 Å². The van der Waals surface area contributed by atoms with E-state index in [4.69, 9.17) is 4.74 Å². The van der Waals surface area contributed by atoms with Crippen LogP contribution < -0.4 is 5.32 Å². The first-order chi connectivity index (χ1) is 13.6. The molecule has 1 atom stereocenters. The zero-order valence-electron chi connectivity index (χ0n) is 17.3. The average molecular weight is 399 g/mol. The Hall–Kier alpha value is -3.02. The van der Waals surface area contributed by atoms with Crippen LogP contribution in [0, 0.1) is 32.5 Å². The van der Waals surface area contributed by atoms with E-state index in [1.165, 1.54) is 24.3 Å². The molecule has 0 aliphatic heterocycles. The summed E-state index contributed by atoms with van der Waals surface area (Å²) in [6, 6.07) is 8.30. The van der Waals surface area contributed by atoms with Gasteiger partial charge in [0.15, 0.2) is 6.61 Å². The van der Waals surface area contributed by atoms with E-state index in [-0.39, 0.29) is 17.3 Å². The Kier molecular flexibility index (Phi) is 7.26. The molecule has 2 rings (SSSR count). The fourth-order valence-corrected chi connectivity index (χ4v) is 3.28. The summed E-state index contributed by atoms with van der Waals surface area (Å²) in [5, 5.41) is 2.50. The van der Waals surface area contributed by atoms with Crippen molar-refractivity contribution in [2.45, 2.75) is 40.7 Å². The number of nitrogens with one attached hydrogen (secondary N) is 1. The molecule has 2 aromatic carbocycles. The molecule has 5 nitrogen and oxygen atoms in total. The summed E-state index contributed by atoms with van der Waals surface area (Å²) in [6.45, 7) is 8.64. The van der Waals surface area contributed by atoms with Gasteiger partial charge in [0.2, 0.25) is 5.78 Å². The molecule has 0 aliphatic rings. The van der Waals surface area contributed by atoms with Crippen LogP contribution in [0.4, 0.5) is 4.39 Å². The lowest BCUT2D eigenvalue weighted by Crippen LogP contribution is -2.46. The van der Waals surface area contributed by atoms with E-state index in [2.05, 4.69) is 5.32 Å². The van der Waals surface area contributed by atoms with Crippen molar-refractivity contribution in [2.75, 3.05) is 6.61 Å². The maximum Gasteiger partial charge on any atom is 0.329 e. The van der Waals surface area contributed by atoms with Crippen LogP contribution >= 0.6 is 0 Å². The number of ether oxygens (including phenoxy) is 1. The van der Waals surface area contributed by atoms with Crippen LogP contribution in [0.2, 0.25) is 0 Å². The number of benzene rings is 2. The number of ketones is 1. The predicted octanol–water partition coefficient (Wildman–Crippen LogP) is 3.93. The number of rotatable bonds is 7. The largest absolute Gasteiger partial charge is 0.456 e. The highest BCUT2D eigenvalue weighted by Crippen LogP contribution is 2.17. The van der Waals surface area contributed by atoms with Crippen LogP contribution in [0.25, 0.3) is 0 Å². The summed E-state index contributed by atoms with van der Waals surface area (Å²) < 4.78 is 19.0. The van der Waals surface area contributed by atoms with E-state index in [1.54, 1.807) is 13.8 Å². The van der Waals surface area contributed by atoms with E-state index in [0.717, 1.165) is 16.7 Å². The van der Waals surface area contributed by atoms with Gasteiger partial charge in [0.05, 0.1) is 5.56 Å². The molecule has 1 amide bonds. The second-order valence-corrected chi connectivity index (χ2v) is 7.48. The average Bonchev–Trinajstić information content (AvgIpc) is 2.63. The number of aryl methyl sites for hydroxylation is 3. The highest BCUT2D eigenvalue weighted by atomic mass is 19.1. The van der Waals surface area contributed by atoms with E-state index in [1.807, 2.05) is 32.9 Å². The normalized spacial score (nSPS) is 11.8. The molecule has 29 heavy (non-hydrogen) atoms. The van der Waals surface area contributed by atoms with Gasteiger partial charge in [-0.05, 0) is 49.9 Å². The van der Waals surface area contributed by atoms with E-state index in [0.29, 0.717) is 5.56 Å². The van der Waals surface area contributed by atoms with Crippen LogP contribution in [0.3, 0.4) is 0 Å². The summed E-state index contributed by atoms with van der Waals surface area (Å²) in [5.74, 6) is -2.75. The lowest BCUT2D eigenvalue weighted by molar-refractivity contribution is -0.145. The molecule has 0 aliphatic carbocycles. The van der Waals surface area contributed by atoms with Gasteiger partial charge >= 0.3 is 5.97 Å². The number of Topliss-reactive ketones (excluding diaryl/α,β-unsaturated/α-hetero) is 1. The number of hydrogen-bond acceptors (Lipinski definition) is 4. The Morgan fingerprint density at radius 3 is 2.17 bits per heavy atom. The minimum absolute atomic E-state index is 0.159. The quantitative estimate of drug-likeness (QED) is 0.566. The molecule has 0 saturated heterocycles. The highest BCUT2D eigenvalue weighted by molar-refractivity contribution is 6.01. The third-order valence-electron chi connectivity index (χ3n) is 4.63. The molecule has 0 bridgehead atoms. The SMILES string of the molecule is Cc1cc(C)c(C(=O)COC(=O)C(NC(=O)c2ccccc2F)C(C)C)c(C)c1. The number of carbonyl (C=O) groups excluding carboxylic acids is 3. The summed E-state index contributed by atoms with van der Waals surface area (Å²) in [6.07, 6.45) is 0. The Balaban J connectivity index is 2.08. The third kappa shape index (κ3) is 5.50. The number of hydrogen-bond donors (Lipinski definition) is 1. The molecule has 1 N–H and O–H groups in total. The lowest BCUT2D eigenvalue weighted by atomic mass is 9.97. The standard InChI is InChI=1S/C23H26FNO4/c1-13(2)21(25-22(27)17-8-6-7-9-18(17)24)23(28)29-12-19(26)20-15(4)10-14(3)11-16(20)5/h6-11,13,21H,12H2,1-5H3,(H,25,27). The van der Waals surface area contributed by atoms with Crippen LogP contribution in [-0.2, 0) is 9.53 Å². The van der Waals surface area contributed by atoms with Crippen molar-refractivity contribution in [1.29, 1.82) is 0 Å². The summed E-state index contributed by atoms with van der Waals surface area (Å²) in [5.41, 5.74) is 3.05. The van der Waals surface area contributed by atoms with Crippen LogP contribution in [-0.4, -0.2) is 30.3 Å². The lowest BCUT2D eigenvalue weighted by Gasteiger charge is -2.21. The molecule has 0 fully saturated rings. The van der Waals surface area contributed by atoms with Crippen molar-refractivity contribution >= 4 is 17.7 Å². The maximum absolute atomic E-state index is 13.8. The van der Waals surface area contributed by atoms with Gasteiger partial charge < -0.3 is 10.1 Å². The fourth-order valence-electron chi connectivity index (χ4n) is 3.28. The Bertz CT molecular complexity index is 913. The number of amides is 1. The van der Waals surface area contributed by atoms with Crippen molar-refractivity contribution in [3.8, 4) is 0 Å². The number of esters is 1. The third-order valence-corrected chi connectivity index (χ3v) is 4.63. The van der Waals surface area contributed by atoms with Gasteiger partial charge in [0.25, 0.3) is 5.91 Å². The first-order valence-corrected chi connectivity index (χ1v) is 9.45. The Morgan fingerprint density at radius 2 is 1.62 bits per heavy atom. The summed E-state index contributed by atoms with van der Waals surface area (Å²) >= 11 is 0. The molecule has 0 heterocycles. The second kappa shape index (κ2) is 9.45. The Labute approximate surface area is 170 Å². The van der Waals surface area contributed by atoms with Crippen molar-refractivity contribution in [3.05, 3.63) is 70.0 Å². The van der Waals surface area contributed by atoms with Crippen molar-refractivity contribution < 1.29 is 23.5 Å². The molecular weight excluding hydrogens is 373 g/mol. The molecule has 6 heteroatoms. The topological polar surface area (TPSA) is 72.5 Å². The van der Waals surface area contributed by atoms with E-state index in [9.17, 15) is 18.8 Å². The maximum atomic E-state index is 13.8. The molecule has 1 unspecified atom stereocenters. The molecule has 0 spiro atoms. The zero-order valence-corrected chi connectivity index (χ0v) is 17.3. The number of carbonyl (C=O) groups is 3.